The topological polar surface area (TPSA) is 96.7 Å². The first kappa shape index (κ1) is 19.9. The molecular weight excluding hydrogens is 416 g/mol. The molecule has 4 aromatic heterocycles. The smallest absolute Gasteiger partial charge is 0.328 e. The summed E-state index contributed by atoms with van der Waals surface area (Å²) >= 11 is 1.64. The molecule has 0 aliphatic heterocycles. The number of thiophene rings is 1. The third-order valence-electron chi connectivity index (χ3n) is 6.17. The molecule has 0 atom stereocenters. The summed E-state index contributed by atoms with van der Waals surface area (Å²) in [6.07, 6.45) is 9.02. The number of fused-ring (bicyclic) bond motifs is 4. The Morgan fingerprint density at radius 1 is 0.968 bits per heavy atom. The van der Waals surface area contributed by atoms with Crippen molar-refractivity contribution in [3.63, 3.8) is 0 Å². The van der Waals surface area contributed by atoms with Gasteiger partial charge in [0.25, 0.3) is 11.1 Å². The molecule has 4 heterocycles. The van der Waals surface area contributed by atoms with E-state index in [1.807, 2.05) is 0 Å². The van der Waals surface area contributed by atoms with Crippen LogP contribution in [0.5, 0.6) is 0 Å². The van der Waals surface area contributed by atoms with E-state index in [2.05, 4.69) is 9.97 Å². The van der Waals surface area contributed by atoms with Crippen LogP contribution in [-0.2, 0) is 40.0 Å². The normalized spacial score (nSPS) is 14.3. The van der Waals surface area contributed by atoms with Gasteiger partial charge in [-0.3, -0.25) is 23.3 Å². The van der Waals surface area contributed by atoms with Crippen molar-refractivity contribution in [1.82, 2.24) is 28.2 Å². The Kier molecular flexibility index (Phi) is 4.88. The standard InChI is InChI=1S/C21H24N6O3S/c1-24-11-22-17-16(24)20(29)27(21(30)25(17)2)10-6-9-26-12-23-18-15(19(26)28)13-7-4-3-5-8-14(13)31-18/h11-12H,3-10H2,1-2H3. The minimum absolute atomic E-state index is 0.0215. The van der Waals surface area contributed by atoms with Crippen LogP contribution < -0.4 is 16.8 Å². The van der Waals surface area contributed by atoms with Crippen LogP contribution in [-0.4, -0.2) is 28.2 Å². The van der Waals surface area contributed by atoms with Gasteiger partial charge in [0.15, 0.2) is 11.2 Å². The molecule has 0 radical (unpaired) electrons. The molecule has 0 aromatic carbocycles. The highest BCUT2D eigenvalue weighted by Gasteiger charge is 2.19. The Labute approximate surface area is 181 Å². The zero-order valence-electron chi connectivity index (χ0n) is 17.6. The Morgan fingerprint density at radius 2 is 1.77 bits per heavy atom. The van der Waals surface area contributed by atoms with Crippen LogP contribution >= 0.6 is 11.3 Å². The lowest BCUT2D eigenvalue weighted by atomic mass is 10.1. The van der Waals surface area contributed by atoms with Gasteiger partial charge in [-0.25, -0.2) is 14.8 Å². The van der Waals surface area contributed by atoms with Crippen LogP contribution in [0.2, 0.25) is 0 Å². The molecule has 162 valence electrons. The quantitative estimate of drug-likeness (QED) is 0.449. The molecule has 4 aromatic rings. The van der Waals surface area contributed by atoms with Crippen molar-refractivity contribution < 1.29 is 0 Å². The van der Waals surface area contributed by atoms with Gasteiger partial charge in [0.1, 0.15) is 4.83 Å². The molecule has 5 rings (SSSR count). The maximum Gasteiger partial charge on any atom is 0.332 e. The van der Waals surface area contributed by atoms with Crippen LogP contribution in [0.25, 0.3) is 21.4 Å². The van der Waals surface area contributed by atoms with E-state index in [-0.39, 0.29) is 17.7 Å². The van der Waals surface area contributed by atoms with Gasteiger partial charge in [0.05, 0.1) is 18.0 Å². The minimum atomic E-state index is -0.403. The van der Waals surface area contributed by atoms with Crippen LogP contribution in [0.1, 0.15) is 36.1 Å². The first-order valence-electron chi connectivity index (χ1n) is 10.6. The van der Waals surface area contributed by atoms with Gasteiger partial charge in [0.2, 0.25) is 0 Å². The number of nitrogens with zero attached hydrogens (tertiary/aromatic N) is 6. The van der Waals surface area contributed by atoms with Gasteiger partial charge < -0.3 is 4.57 Å². The van der Waals surface area contributed by atoms with Crippen LogP contribution in [0.4, 0.5) is 0 Å². The van der Waals surface area contributed by atoms with Crippen molar-refractivity contribution in [2.24, 2.45) is 14.1 Å². The second-order valence-electron chi connectivity index (χ2n) is 8.17. The molecule has 31 heavy (non-hydrogen) atoms. The number of rotatable bonds is 4. The molecule has 0 saturated carbocycles. The minimum Gasteiger partial charge on any atom is -0.328 e. The van der Waals surface area contributed by atoms with Gasteiger partial charge in [0, 0.05) is 32.1 Å². The summed E-state index contributed by atoms with van der Waals surface area (Å²) in [4.78, 5) is 49.5. The highest BCUT2D eigenvalue weighted by atomic mass is 32.1. The van der Waals surface area contributed by atoms with Crippen molar-refractivity contribution in [2.75, 3.05) is 0 Å². The van der Waals surface area contributed by atoms with Crippen molar-refractivity contribution in [3.05, 3.63) is 54.3 Å². The monoisotopic (exact) mass is 440 g/mol. The Balaban J connectivity index is 1.45. The summed E-state index contributed by atoms with van der Waals surface area (Å²) in [5.74, 6) is 0. The maximum atomic E-state index is 13.2. The van der Waals surface area contributed by atoms with Gasteiger partial charge in [-0.05, 0) is 37.7 Å². The summed E-state index contributed by atoms with van der Waals surface area (Å²) in [5, 5.41) is 0.758. The molecule has 0 saturated heterocycles. The molecule has 0 fully saturated rings. The number of hydrogen-bond acceptors (Lipinski definition) is 6. The van der Waals surface area contributed by atoms with Gasteiger partial charge in [-0.2, -0.15) is 0 Å². The Bertz CT molecular complexity index is 1490. The fraction of sp³-hybridized carbons (Fsp3) is 0.476. The maximum absolute atomic E-state index is 13.2. The van der Waals surface area contributed by atoms with E-state index >= 15 is 0 Å². The van der Waals surface area contributed by atoms with Gasteiger partial charge in [-0.1, -0.05) is 6.42 Å². The van der Waals surface area contributed by atoms with Crippen LogP contribution in [0.3, 0.4) is 0 Å². The summed E-state index contributed by atoms with van der Waals surface area (Å²) in [7, 11) is 3.34. The molecule has 1 aliphatic rings. The lowest BCUT2D eigenvalue weighted by Gasteiger charge is -2.10. The molecule has 0 bridgehead atoms. The predicted molar refractivity (Wildman–Crippen MR) is 120 cm³/mol. The highest BCUT2D eigenvalue weighted by Crippen LogP contribution is 2.32. The van der Waals surface area contributed by atoms with E-state index in [9.17, 15) is 14.4 Å². The molecule has 0 N–H and O–H groups in total. The molecule has 10 heteroatoms. The summed E-state index contributed by atoms with van der Waals surface area (Å²) in [6.45, 7) is 0.615. The van der Waals surface area contributed by atoms with E-state index in [0.717, 1.165) is 29.5 Å². The van der Waals surface area contributed by atoms with Crippen molar-refractivity contribution in [2.45, 2.75) is 51.6 Å². The van der Waals surface area contributed by atoms with E-state index in [4.69, 9.17) is 0 Å². The molecule has 0 unspecified atom stereocenters. The largest absolute Gasteiger partial charge is 0.332 e. The third-order valence-corrected chi connectivity index (χ3v) is 7.37. The van der Waals surface area contributed by atoms with Gasteiger partial charge >= 0.3 is 5.69 Å². The zero-order valence-corrected chi connectivity index (χ0v) is 18.4. The van der Waals surface area contributed by atoms with E-state index in [1.54, 1.807) is 40.9 Å². The fourth-order valence-corrected chi connectivity index (χ4v) is 5.73. The number of hydrogen-bond donors (Lipinski definition) is 0. The van der Waals surface area contributed by atoms with Gasteiger partial charge in [-0.15, -0.1) is 11.3 Å². The van der Waals surface area contributed by atoms with Crippen molar-refractivity contribution in [1.29, 1.82) is 0 Å². The number of aromatic nitrogens is 6. The highest BCUT2D eigenvalue weighted by molar-refractivity contribution is 7.18. The lowest BCUT2D eigenvalue weighted by Crippen LogP contribution is -2.40. The van der Waals surface area contributed by atoms with Crippen molar-refractivity contribution in [3.8, 4) is 0 Å². The molecule has 9 nitrogen and oxygen atoms in total. The SMILES string of the molecule is Cn1cnc2c1c(=O)n(CCCn1cnc3sc4c(c3c1=O)CCCCC4)c(=O)n2C. The second kappa shape index (κ2) is 7.60. The average Bonchev–Trinajstić information content (AvgIpc) is 3.23. The third kappa shape index (κ3) is 3.16. The van der Waals surface area contributed by atoms with E-state index < -0.39 is 5.69 Å². The second-order valence-corrected chi connectivity index (χ2v) is 9.25. The molecule has 1 aliphatic carbocycles. The summed E-state index contributed by atoms with van der Waals surface area (Å²) in [6, 6.07) is 0. The van der Waals surface area contributed by atoms with Crippen LogP contribution in [0, 0.1) is 0 Å². The Hall–Kier alpha value is -3.01. The number of imidazole rings is 1. The zero-order chi connectivity index (χ0) is 21.7. The Morgan fingerprint density at radius 3 is 2.61 bits per heavy atom. The summed E-state index contributed by atoms with van der Waals surface area (Å²) < 4.78 is 5.84. The lowest BCUT2D eigenvalue weighted by molar-refractivity contribution is 0.517. The molecule has 0 spiro atoms. The molecular formula is C21H24N6O3S. The van der Waals surface area contributed by atoms with E-state index in [1.165, 1.54) is 38.7 Å². The fourth-order valence-electron chi connectivity index (χ4n) is 4.51. The first-order chi connectivity index (χ1) is 15.0. The van der Waals surface area contributed by atoms with E-state index in [0.29, 0.717) is 24.1 Å². The average molecular weight is 441 g/mol. The number of aryl methyl sites for hydroxylation is 5. The molecule has 0 amide bonds. The van der Waals surface area contributed by atoms with Crippen molar-refractivity contribution >= 4 is 32.7 Å². The first-order valence-corrected chi connectivity index (χ1v) is 11.4. The van der Waals surface area contributed by atoms with Crippen LogP contribution in [0.15, 0.2) is 27.0 Å². The predicted octanol–water partition coefficient (Wildman–Crippen LogP) is 1.56. The summed E-state index contributed by atoms with van der Waals surface area (Å²) in [5.41, 5.74) is 1.16.